The van der Waals surface area contributed by atoms with Crippen molar-refractivity contribution in [1.29, 1.82) is 0 Å². The van der Waals surface area contributed by atoms with E-state index >= 15 is 0 Å². The number of aromatic nitrogens is 2. The Balaban J connectivity index is 2.09. The van der Waals surface area contributed by atoms with Crippen molar-refractivity contribution >= 4 is 10.0 Å². The summed E-state index contributed by atoms with van der Waals surface area (Å²) < 4.78 is 26.6. The molecule has 2 atom stereocenters. The van der Waals surface area contributed by atoms with Crippen LogP contribution in [0.1, 0.15) is 32.6 Å². The average molecular weight is 243 g/mol. The summed E-state index contributed by atoms with van der Waals surface area (Å²) >= 11 is 0. The van der Waals surface area contributed by atoms with E-state index in [1.807, 2.05) is 0 Å². The van der Waals surface area contributed by atoms with Gasteiger partial charge in [0.25, 0.3) is 10.0 Å². The van der Waals surface area contributed by atoms with Crippen molar-refractivity contribution in [3.05, 3.63) is 12.5 Å². The molecule has 0 radical (unpaired) electrons. The van der Waals surface area contributed by atoms with Gasteiger partial charge in [0.2, 0.25) is 0 Å². The summed E-state index contributed by atoms with van der Waals surface area (Å²) in [5.41, 5.74) is 0. The van der Waals surface area contributed by atoms with Gasteiger partial charge in [-0.2, -0.15) is 0 Å². The second-order valence-corrected chi connectivity index (χ2v) is 6.09. The van der Waals surface area contributed by atoms with Crippen LogP contribution in [0.25, 0.3) is 0 Å². The zero-order chi connectivity index (χ0) is 11.6. The molecule has 16 heavy (non-hydrogen) atoms. The molecule has 0 spiro atoms. The Morgan fingerprint density at radius 1 is 1.44 bits per heavy atom. The summed E-state index contributed by atoms with van der Waals surface area (Å²) in [7, 11) is -3.42. The quantitative estimate of drug-likeness (QED) is 0.839. The van der Waals surface area contributed by atoms with Crippen LogP contribution in [0.15, 0.2) is 17.6 Å². The lowest BCUT2D eigenvalue weighted by Crippen LogP contribution is -2.41. The summed E-state index contributed by atoms with van der Waals surface area (Å²) in [6.45, 7) is 2.10. The lowest BCUT2D eigenvalue weighted by Gasteiger charge is -2.28. The highest BCUT2D eigenvalue weighted by atomic mass is 32.2. The Kier molecular flexibility index (Phi) is 3.30. The summed E-state index contributed by atoms with van der Waals surface area (Å²) in [5, 5.41) is 0.144. The highest BCUT2D eigenvalue weighted by Gasteiger charge is 2.27. The molecule has 1 aromatic rings. The van der Waals surface area contributed by atoms with Gasteiger partial charge in [0.15, 0.2) is 5.03 Å². The first-order valence-corrected chi connectivity index (χ1v) is 7.08. The molecule has 2 unspecified atom stereocenters. The summed E-state index contributed by atoms with van der Waals surface area (Å²) in [6.07, 6.45) is 7.02. The Bertz CT molecular complexity index is 427. The van der Waals surface area contributed by atoms with Crippen molar-refractivity contribution in [3.8, 4) is 0 Å². The van der Waals surface area contributed by atoms with Crippen LogP contribution in [-0.2, 0) is 10.0 Å². The topological polar surface area (TPSA) is 74.8 Å². The largest absolute Gasteiger partial charge is 0.335 e. The van der Waals surface area contributed by atoms with Crippen LogP contribution in [-0.4, -0.2) is 24.4 Å². The lowest BCUT2D eigenvalue weighted by molar-refractivity contribution is 0.310. The van der Waals surface area contributed by atoms with E-state index < -0.39 is 10.0 Å². The van der Waals surface area contributed by atoms with Crippen LogP contribution >= 0.6 is 0 Å². The molecule has 90 valence electrons. The monoisotopic (exact) mass is 243 g/mol. The van der Waals surface area contributed by atoms with Gasteiger partial charge in [-0.3, -0.25) is 0 Å². The van der Waals surface area contributed by atoms with Gasteiger partial charge in [0.05, 0.1) is 12.5 Å². The molecule has 1 aliphatic rings. The number of aromatic amines is 1. The first-order chi connectivity index (χ1) is 7.59. The third kappa shape index (κ3) is 2.44. The number of H-pyrrole nitrogens is 1. The van der Waals surface area contributed by atoms with Crippen LogP contribution < -0.4 is 4.72 Å². The second-order valence-electron chi connectivity index (χ2n) is 4.41. The second kappa shape index (κ2) is 4.55. The molecule has 1 heterocycles. The fourth-order valence-corrected chi connectivity index (χ4v) is 3.43. The molecule has 1 aliphatic carbocycles. The Labute approximate surface area is 95.7 Å². The van der Waals surface area contributed by atoms with Crippen LogP contribution in [0, 0.1) is 5.92 Å². The minimum absolute atomic E-state index is 0.0575. The third-order valence-corrected chi connectivity index (χ3v) is 4.60. The van der Waals surface area contributed by atoms with Crippen molar-refractivity contribution in [2.75, 3.05) is 0 Å². The van der Waals surface area contributed by atoms with Crippen molar-refractivity contribution in [3.63, 3.8) is 0 Å². The van der Waals surface area contributed by atoms with Crippen LogP contribution in [0.4, 0.5) is 0 Å². The standard InChI is InChI=1S/C10H17N3O2S/c1-8-4-2-3-5-9(8)13-16(14,15)10-6-11-7-12-10/h6-9,13H,2-5H2,1H3,(H,11,12). The minimum Gasteiger partial charge on any atom is -0.335 e. The molecular formula is C10H17N3O2S. The van der Waals surface area contributed by atoms with Crippen molar-refractivity contribution in [2.45, 2.75) is 43.7 Å². The number of imidazole rings is 1. The van der Waals surface area contributed by atoms with E-state index in [1.54, 1.807) is 0 Å². The van der Waals surface area contributed by atoms with E-state index in [1.165, 1.54) is 18.9 Å². The van der Waals surface area contributed by atoms with Crippen LogP contribution in [0.5, 0.6) is 0 Å². The van der Waals surface area contributed by atoms with Gasteiger partial charge >= 0.3 is 0 Å². The lowest BCUT2D eigenvalue weighted by atomic mass is 9.87. The Hall–Kier alpha value is -0.880. The van der Waals surface area contributed by atoms with Crippen molar-refractivity contribution in [1.82, 2.24) is 14.7 Å². The highest BCUT2D eigenvalue weighted by Crippen LogP contribution is 2.24. The zero-order valence-electron chi connectivity index (χ0n) is 9.31. The molecule has 1 aromatic heterocycles. The number of hydrogen-bond donors (Lipinski definition) is 2. The smallest absolute Gasteiger partial charge is 0.257 e. The predicted octanol–water partition coefficient (Wildman–Crippen LogP) is 1.27. The number of rotatable bonds is 3. The fourth-order valence-electron chi connectivity index (χ4n) is 2.14. The molecule has 1 saturated carbocycles. The predicted molar refractivity (Wildman–Crippen MR) is 60.3 cm³/mol. The van der Waals surface area contributed by atoms with Crippen molar-refractivity contribution < 1.29 is 8.42 Å². The normalized spacial score (nSPS) is 26.8. The van der Waals surface area contributed by atoms with Crippen LogP contribution in [0.2, 0.25) is 0 Å². The zero-order valence-corrected chi connectivity index (χ0v) is 10.1. The van der Waals surface area contributed by atoms with Gasteiger partial charge in [-0.05, 0) is 18.8 Å². The first-order valence-electron chi connectivity index (χ1n) is 5.60. The Morgan fingerprint density at radius 2 is 2.19 bits per heavy atom. The molecule has 5 nitrogen and oxygen atoms in total. The Morgan fingerprint density at radius 3 is 2.81 bits per heavy atom. The van der Waals surface area contributed by atoms with E-state index in [2.05, 4.69) is 21.6 Å². The fraction of sp³-hybridized carbons (Fsp3) is 0.700. The molecule has 0 aromatic carbocycles. The molecule has 6 heteroatoms. The summed E-state index contributed by atoms with van der Waals surface area (Å²) in [6, 6.07) is 0.0575. The minimum atomic E-state index is -3.42. The van der Waals surface area contributed by atoms with Gasteiger partial charge in [-0.15, -0.1) is 0 Å². The molecular weight excluding hydrogens is 226 g/mol. The van der Waals surface area contributed by atoms with E-state index in [9.17, 15) is 8.42 Å². The first kappa shape index (κ1) is 11.6. The molecule has 0 aliphatic heterocycles. The van der Waals surface area contributed by atoms with E-state index in [0.29, 0.717) is 5.92 Å². The van der Waals surface area contributed by atoms with Crippen molar-refractivity contribution in [2.24, 2.45) is 5.92 Å². The summed E-state index contributed by atoms with van der Waals surface area (Å²) in [4.78, 5) is 6.35. The number of nitrogens with one attached hydrogen (secondary N) is 2. The maximum atomic E-state index is 11.9. The van der Waals surface area contributed by atoms with Gasteiger partial charge in [-0.1, -0.05) is 19.8 Å². The molecule has 0 bridgehead atoms. The van der Waals surface area contributed by atoms with Crippen LogP contribution in [0.3, 0.4) is 0 Å². The van der Waals surface area contributed by atoms with E-state index in [0.717, 1.165) is 19.3 Å². The molecule has 0 amide bonds. The molecule has 1 fully saturated rings. The number of sulfonamides is 1. The van der Waals surface area contributed by atoms with Gasteiger partial charge in [0, 0.05) is 6.04 Å². The number of hydrogen-bond acceptors (Lipinski definition) is 3. The van der Waals surface area contributed by atoms with Gasteiger partial charge in [-0.25, -0.2) is 18.1 Å². The third-order valence-electron chi connectivity index (χ3n) is 3.18. The molecule has 2 N–H and O–H groups in total. The van der Waals surface area contributed by atoms with E-state index in [4.69, 9.17) is 0 Å². The molecule has 2 rings (SSSR count). The average Bonchev–Trinajstić information content (AvgIpc) is 2.75. The maximum absolute atomic E-state index is 11.9. The van der Waals surface area contributed by atoms with Gasteiger partial charge < -0.3 is 4.98 Å². The highest BCUT2D eigenvalue weighted by molar-refractivity contribution is 7.89. The van der Waals surface area contributed by atoms with E-state index in [-0.39, 0.29) is 11.1 Å². The molecule has 0 saturated heterocycles. The summed E-state index contributed by atoms with van der Waals surface area (Å²) in [5.74, 6) is 0.409. The SMILES string of the molecule is CC1CCCCC1NS(=O)(=O)c1cnc[nH]1. The maximum Gasteiger partial charge on any atom is 0.257 e. The number of nitrogens with zero attached hydrogens (tertiary/aromatic N) is 1. The van der Waals surface area contributed by atoms with Gasteiger partial charge in [0.1, 0.15) is 0 Å².